The molecule has 1 aliphatic carbocycles. The lowest BCUT2D eigenvalue weighted by Crippen LogP contribution is -2.05. The van der Waals surface area contributed by atoms with Gasteiger partial charge >= 0.3 is 0 Å². The van der Waals surface area contributed by atoms with Crippen molar-refractivity contribution in [1.82, 2.24) is 0 Å². The second kappa shape index (κ2) is 2.65. The van der Waals surface area contributed by atoms with Crippen LogP contribution in [-0.4, -0.2) is 5.71 Å². The standard InChI is InChI=1S/C9H6BrN/c10-8-4-3-7-2-1-5-11-9(7)6-8/h2-5H,6H2. The Morgan fingerprint density at radius 1 is 1.45 bits per heavy atom. The highest BCUT2D eigenvalue weighted by Crippen LogP contribution is 2.22. The molecule has 1 aliphatic heterocycles. The first-order chi connectivity index (χ1) is 5.36. The van der Waals surface area contributed by atoms with Crippen LogP contribution in [0.2, 0.25) is 0 Å². The van der Waals surface area contributed by atoms with Crippen LogP contribution >= 0.6 is 15.9 Å². The minimum Gasteiger partial charge on any atom is -0.252 e. The minimum absolute atomic E-state index is 0.903. The van der Waals surface area contributed by atoms with Gasteiger partial charge in [-0.05, 0) is 6.08 Å². The molecule has 0 unspecified atom stereocenters. The molecule has 0 aromatic carbocycles. The van der Waals surface area contributed by atoms with Gasteiger partial charge in [-0.1, -0.05) is 28.1 Å². The summed E-state index contributed by atoms with van der Waals surface area (Å²) in [5, 5.41) is 0. The molecule has 0 saturated carbocycles. The number of allylic oxidation sites excluding steroid dienone is 5. The second-order valence-corrected chi connectivity index (χ2v) is 3.45. The van der Waals surface area contributed by atoms with Crippen LogP contribution in [-0.2, 0) is 0 Å². The largest absolute Gasteiger partial charge is 0.252 e. The van der Waals surface area contributed by atoms with Gasteiger partial charge in [-0.25, -0.2) is 0 Å². The second-order valence-electron chi connectivity index (χ2n) is 2.43. The highest BCUT2D eigenvalue weighted by Gasteiger charge is 2.10. The van der Waals surface area contributed by atoms with Gasteiger partial charge in [-0.2, -0.15) is 0 Å². The molecule has 2 heteroatoms. The Bertz CT molecular complexity index is 339. The predicted octanol–water partition coefficient (Wildman–Crippen LogP) is 2.72. The van der Waals surface area contributed by atoms with Crippen LogP contribution in [0.5, 0.6) is 0 Å². The van der Waals surface area contributed by atoms with Crippen LogP contribution in [0.1, 0.15) is 6.42 Å². The molecule has 0 spiro atoms. The first-order valence-corrected chi connectivity index (χ1v) is 4.20. The highest BCUT2D eigenvalue weighted by molar-refractivity contribution is 9.11. The summed E-state index contributed by atoms with van der Waals surface area (Å²) in [7, 11) is 0. The molecule has 0 amide bonds. The van der Waals surface area contributed by atoms with E-state index >= 15 is 0 Å². The molecular weight excluding hydrogens is 202 g/mol. The molecule has 0 saturated heterocycles. The molecule has 1 heterocycles. The van der Waals surface area contributed by atoms with Crippen molar-refractivity contribution in [2.24, 2.45) is 4.99 Å². The summed E-state index contributed by atoms with van der Waals surface area (Å²) in [4.78, 5) is 4.21. The Labute approximate surface area is 73.7 Å². The van der Waals surface area contributed by atoms with Crippen molar-refractivity contribution >= 4 is 21.6 Å². The minimum atomic E-state index is 0.903. The maximum Gasteiger partial charge on any atom is 0.0690 e. The number of nitrogens with zero attached hydrogens (tertiary/aromatic N) is 1. The molecule has 0 atom stereocenters. The van der Waals surface area contributed by atoms with Crippen molar-refractivity contribution in [3.05, 3.63) is 40.2 Å². The summed E-state index contributed by atoms with van der Waals surface area (Å²) in [6.45, 7) is 0. The van der Waals surface area contributed by atoms with E-state index in [0.29, 0.717) is 0 Å². The fourth-order valence-electron chi connectivity index (χ4n) is 1.09. The van der Waals surface area contributed by atoms with E-state index in [-0.39, 0.29) is 0 Å². The molecule has 0 bridgehead atoms. The average Bonchev–Trinajstić information content (AvgIpc) is 2.04. The van der Waals surface area contributed by atoms with Crippen LogP contribution in [0.4, 0.5) is 0 Å². The van der Waals surface area contributed by atoms with Crippen molar-refractivity contribution in [3.63, 3.8) is 0 Å². The van der Waals surface area contributed by atoms with E-state index in [1.165, 1.54) is 10.1 Å². The SMILES string of the molecule is BrC1=CC=C2C=C=CN=C2C1. The number of hydrogen-bond donors (Lipinski definition) is 0. The van der Waals surface area contributed by atoms with E-state index in [9.17, 15) is 0 Å². The molecule has 1 nitrogen and oxygen atoms in total. The first-order valence-electron chi connectivity index (χ1n) is 3.40. The molecule has 2 aliphatic rings. The third kappa shape index (κ3) is 1.28. The van der Waals surface area contributed by atoms with Crippen molar-refractivity contribution in [2.75, 3.05) is 0 Å². The van der Waals surface area contributed by atoms with E-state index in [1.807, 2.05) is 12.2 Å². The summed E-state index contributed by atoms with van der Waals surface area (Å²) < 4.78 is 1.18. The molecule has 0 aromatic rings. The van der Waals surface area contributed by atoms with Gasteiger partial charge in [0.15, 0.2) is 0 Å². The Morgan fingerprint density at radius 2 is 2.36 bits per heavy atom. The topological polar surface area (TPSA) is 12.4 Å². The Balaban J connectivity index is 2.47. The fourth-order valence-corrected chi connectivity index (χ4v) is 1.49. The summed E-state index contributed by atoms with van der Waals surface area (Å²) >= 11 is 3.44. The molecule has 0 aromatic heterocycles. The quantitative estimate of drug-likeness (QED) is 0.542. The number of rotatable bonds is 0. The number of halogens is 1. The third-order valence-corrected chi connectivity index (χ3v) is 2.19. The highest BCUT2D eigenvalue weighted by atomic mass is 79.9. The lowest BCUT2D eigenvalue weighted by molar-refractivity contribution is 1.34. The van der Waals surface area contributed by atoms with Gasteiger partial charge in [-0.15, -0.1) is 5.73 Å². The van der Waals surface area contributed by atoms with Gasteiger partial charge in [0.1, 0.15) is 0 Å². The summed E-state index contributed by atoms with van der Waals surface area (Å²) in [5.41, 5.74) is 5.25. The Morgan fingerprint density at radius 3 is 3.27 bits per heavy atom. The molecule has 11 heavy (non-hydrogen) atoms. The lowest BCUT2D eigenvalue weighted by atomic mass is 10.0. The normalized spacial score (nSPS) is 20.3. The summed E-state index contributed by atoms with van der Waals surface area (Å²) in [6, 6.07) is 0. The van der Waals surface area contributed by atoms with E-state index in [1.54, 1.807) is 6.20 Å². The average molecular weight is 208 g/mol. The zero-order valence-electron chi connectivity index (χ0n) is 5.84. The van der Waals surface area contributed by atoms with Gasteiger partial charge in [-0.3, -0.25) is 4.99 Å². The van der Waals surface area contributed by atoms with E-state index in [4.69, 9.17) is 0 Å². The molecule has 0 radical (unpaired) electrons. The number of hydrogen-bond acceptors (Lipinski definition) is 1. The molecule has 54 valence electrons. The number of aliphatic imine (C=N–C) groups is 1. The first kappa shape index (κ1) is 6.84. The van der Waals surface area contributed by atoms with E-state index < -0.39 is 0 Å². The zero-order valence-corrected chi connectivity index (χ0v) is 7.43. The maximum atomic E-state index is 4.21. The fraction of sp³-hybridized carbons (Fsp3) is 0.111. The van der Waals surface area contributed by atoms with Gasteiger partial charge in [0, 0.05) is 16.5 Å². The van der Waals surface area contributed by atoms with Crippen LogP contribution in [0.15, 0.2) is 45.2 Å². The van der Waals surface area contributed by atoms with Crippen molar-refractivity contribution in [3.8, 4) is 0 Å². The summed E-state index contributed by atoms with van der Waals surface area (Å²) in [6.07, 6.45) is 8.67. The van der Waals surface area contributed by atoms with Crippen LogP contribution in [0.3, 0.4) is 0 Å². The van der Waals surface area contributed by atoms with E-state index in [0.717, 1.165) is 12.1 Å². The van der Waals surface area contributed by atoms with Gasteiger partial charge < -0.3 is 0 Å². The summed E-state index contributed by atoms with van der Waals surface area (Å²) in [5.74, 6) is 0. The lowest BCUT2D eigenvalue weighted by Gasteiger charge is -2.11. The number of fused-ring (bicyclic) bond motifs is 1. The van der Waals surface area contributed by atoms with Gasteiger partial charge in [0.05, 0.1) is 11.9 Å². The molecule has 2 rings (SSSR count). The van der Waals surface area contributed by atoms with Gasteiger partial charge in [0.2, 0.25) is 0 Å². The van der Waals surface area contributed by atoms with Crippen molar-refractivity contribution < 1.29 is 0 Å². The maximum absolute atomic E-state index is 4.21. The van der Waals surface area contributed by atoms with Crippen LogP contribution < -0.4 is 0 Å². The molecular formula is C9H6BrN. The van der Waals surface area contributed by atoms with Gasteiger partial charge in [0.25, 0.3) is 0 Å². The van der Waals surface area contributed by atoms with Crippen molar-refractivity contribution in [1.29, 1.82) is 0 Å². The van der Waals surface area contributed by atoms with Crippen LogP contribution in [0.25, 0.3) is 0 Å². The third-order valence-electron chi connectivity index (χ3n) is 1.65. The Hall–Kier alpha value is -0.850. The monoisotopic (exact) mass is 207 g/mol. The predicted molar refractivity (Wildman–Crippen MR) is 49.8 cm³/mol. The smallest absolute Gasteiger partial charge is 0.0690 e. The Kier molecular flexibility index (Phi) is 1.65. The van der Waals surface area contributed by atoms with Crippen LogP contribution in [0, 0.1) is 0 Å². The molecule has 0 fully saturated rings. The van der Waals surface area contributed by atoms with E-state index in [2.05, 4.69) is 32.7 Å². The molecule has 0 N–H and O–H groups in total. The zero-order chi connectivity index (χ0) is 7.68. The van der Waals surface area contributed by atoms with Crippen molar-refractivity contribution in [2.45, 2.75) is 6.42 Å².